The van der Waals surface area contributed by atoms with Crippen molar-refractivity contribution in [3.05, 3.63) is 97.1 Å². The average Bonchev–Trinajstić information content (AvgIpc) is 3.07. The molecule has 3 aromatic carbocycles. The number of pyridine rings is 1. The van der Waals surface area contributed by atoms with Crippen molar-refractivity contribution in [3.8, 4) is 33.6 Å². The van der Waals surface area contributed by atoms with Crippen molar-refractivity contribution in [2.45, 2.75) is 38.9 Å². The fraction of sp³-hybridized carbons (Fsp3) is 0.207. The van der Waals surface area contributed by atoms with Gasteiger partial charge in [0.25, 0.3) is 0 Å². The fourth-order valence-electron chi connectivity index (χ4n) is 4.06. The maximum Gasteiger partial charge on any atom is 0.494 e. The number of hydrogen-bond donors (Lipinski definition) is 0. The van der Waals surface area contributed by atoms with Crippen molar-refractivity contribution in [1.29, 1.82) is 0 Å². The molecule has 0 saturated carbocycles. The first-order chi connectivity index (χ1) is 15.8. The molecule has 0 radical (unpaired) electrons. The summed E-state index contributed by atoms with van der Waals surface area (Å²) in [6.07, 6.45) is 0. The lowest BCUT2D eigenvalue weighted by Crippen LogP contribution is -2.41. The first kappa shape index (κ1) is 21.6. The molecule has 0 unspecified atom stereocenters. The van der Waals surface area contributed by atoms with Gasteiger partial charge in [0.2, 0.25) is 0 Å². The van der Waals surface area contributed by atoms with Gasteiger partial charge in [0.1, 0.15) is 0 Å². The van der Waals surface area contributed by atoms with Crippen LogP contribution in [0.2, 0.25) is 0 Å². The molecular weight excluding hydrogens is 405 g/mol. The molecule has 0 aliphatic carbocycles. The monoisotopic (exact) mass is 433 g/mol. The average molecular weight is 433 g/mol. The number of benzene rings is 3. The van der Waals surface area contributed by atoms with Crippen molar-refractivity contribution < 1.29 is 9.31 Å². The Morgan fingerprint density at radius 2 is 1.06 bits per heavy atom. The SMILES string of the molecule is CC1(C)OB(c2cccc(-c3cc(-c4ccccc4)cc(-c4ccccc4)n3)c2)OC1(C)C. The summed E-state index contributed by atoms with van der Waals surface area (Å²) in [6, 6.07) is 33.4. The number of hydrogen-bond acceptors (Lipinski definition) is 3. The Bertz CT molecular complexity index is 1200. The minimum absolute atomic E-state index is 0.375. The smallest absolute Gasteiger partial charge is 0.399 e. The van der Waals surface area contributed by atoms with E-state index in [1.165, 1.54) is 5.56 Å². The molecular formula is C29H28BNO2. The van der Waals surface area contributed by atoms with Crippen LogP contribution in [0.3, 0.4) is 0 Å². The molecule has 0 N–H and O–H groups in total. The fourth-order valence-corrected chi connectivity index (χ4v) is 4.06. The van der Waals surface area contributed by atoms with Gasteiger partial charge in [0.15, 0.2) is 0 Å². The molecule has 1 fully saturated rings. The lowest BCUT2D eigenvalue weighted by molar-refractivity contribution is 0.00578. The van der Waals surface area contributed by atoms with Gasteiger partial charge in [-0.25, -0.2) is 4.98 Å². The summed E-state index contributed by atoms with van der Waals surface area (Å²) < 4.78 is 12.6. The molecule has 3 nitrogen and oxygen atoms in total. The third-order valence-electron chi connectivity index (χ3n) is 6.71. The third-order valence-corrected chi connectivity index (χ3v) is 6.71. The zero-order valence-electron chi connectivity index (χ0n) is 19.6. The van der Waals surface area contributed by atoms with Gasteiger partial charge in [0.05, 0.1) is 22.6 Å². The van der Waals surface area contributed by atoms with Crippen molar-refractivity contribution in [2.75, 3.05) is 0 Å². The molecule has 5 rings (SSSR count). The Hall–Kier alpha value is -3.21. The highest BCUT2D eigenvalue weighted by Gasteiger charge is 2.51. The van der Waals surface area contributed by atoms with Gasteiger partial charge in [-0.2, -0.15) is 0 Å². The highest BCUT2D eigenvalue weighted by Crippen LogP contribution is 2.37. The van der Waals surface area contributed by atoms with Crippen LogP contribution in [0.1, 0.15) is 27.7 Å². The molecule has 0 amide bonds. The van der Waals surface area contributed by atoms with Crippen molar-refractivity contribution in [1.82, 2.24) is 4.98 Å². The standard InChI is InChI=1S/C29H28BNO2/c1-28(2)29(3,4)33-30(32-28)25-17-11-16-23(18-25)27-20-24(21-12-7-5-8-13-21)19-26(31-27)22-14-9-6-10-15-22/h5-20H,1-4H3. The molecule has 2 heterocycles. The first-order valence-corrected chi connectivity index (χ1v) is 11.4. The summed E-state index contributed by atoms with van der Waals surface area (Å²) >= 11 is 0. The molecule has 1 aliphatic heterocycles. The molecule has 1 aromatic heterocycles. The molecule has 0 atom stereocenters. The summed E-state index contributed by atoms with van der Waals surface area (Å²) in [4.78, 5) is 5.04. The Balaban J connectivity index is 1.59. The van der Waals surface area contributed by atoms with Crippen LogP contribution in [0.25, 0.3) is 33.6 Å². The molecule has 0 spiro atoms. The van der Waals surface area contributed by atoms with E-state index < -0.39 is 7.12 Å². The topological polar surface area (TPSA) is 31.4 Å². The second-order valence-electron chi connectivity index (χ2n) is 9.57. The van der Waals surface area contributed by atoms with E-state index in [-0.39, 0.29) is 11.2 Å². The lowest BCUT2D eigenvalue weighted by atomic mass is 9.78. The quantitative estimate of drug-likeness (QED) is 0.350. The zero-order chi connectivity index (χ0) is 23.1. The van der Waals surface area contributed by atoms with E-state index in [2.05, 4.69) is 100 Å². The van der Waals surface area contributed by atoms with Gasteiger partial charge in [-0.3, -0.25) is 0 Å². The van der Waals surface area contributed by atoms with Gasteiger partial charge >= 0.3 is 7.12 Å². The molecule has 4 heteroatoms. The van der Waals surface area contributed by atoms with E-state index >= 15 is 0 Å². The normalized spacial score (nSPS) is 16.7. The first-order valence-electron chi connectivity index (χ1n) is 11.4. The minimum Gasteiger partial charge on any atom is -0.399 e. The molecule has 0 bridgehead atoms. The van der Waals surface area contributed by atoms with Gasteiger partial charge in [-0.1, -0.05) is 84.9 Å². The van der Waals surface area contributed by atoms with Crippen molar-refractivity contribution in [2.24, 2.45) is 0 Å². The van der Waals surface area contributed by atoms with Crippen LogP contribution < -0.4 is 5.46 Å². The number of aromatic nitrogens is 1. The van der Waals surface area contributed by atoms with E-state index in [9.17, 15) is 0 Å². The summed E-state index contributed by atoms with van der Waals surface area (Å²) in [5.41, 5.74) is 6.57. The summed E-state index contributed by atoms with van der Waals surface area (Å²) in [5.74, 6) is 0. The van der Waals surface area contributed by atoms with Crippen LogP contribution in [0.15, 0.2) is 97.1 Å². The largest absolute Gasteiger partial charge is 0.494 e. The van der Waals surface area contributed by atoms with Crippen molar-refractivity contribution in [3.63, 3.8) is 0 Å². The van der Waals surface area contributed by atoms with Crippen LogP contribution in [-0.4, -0.2) is 23.3 Å². The van der Waals surface area contributed by atoms with E-state index in [0.717, 1.165) is 33.5 Å². The van der Waals surface area contributed by atoms with Crippen LogP contribution in [-0.2, 0) is 9.31 Å². The number of rotatable bonds is 4. The Kier molecular flexibility index (Phi) is 5.44. The number of nitrogens with zero attached hydrogens (tertiary/aromatic N) is 1. The van der Waals surface area contributed by atoms with Gasteiger partial charge < -0.3 is 9.31 Å². The van der Waals surface area contributed by atoms with Crippen LogP contribution in [0.5, 0.6) is 0 Å². The van der Waals surface area contributed by atoms with Crippen LogP contribution in [0.4, 0.5) is 0 Å². The van der Waals surface area contributed by atoms with Crippen LogP contribution in [0, 0.1) is 0 Å². The third kappa shape index (κ3) is 4.24. The van der Waals surface area contributed by atoms with E-state index in [1.807, 2.05) is 24.3 Å². The van der Waals surface area contributed by atoms with E-state index in [1.54, 1.807) is 0 Å². The van der Waals surface area contributed by atoms with Gasteiger partial charge in [0, 0.05) is 5.56 Å². The molecule has 4 aromatic rings. The molecule has 1 aliphatic rings. The minimum atomic E-state index is -0.402. The molecule has 1 saturated heterocycles. The Morgan fingerprint density at radius 1 is 0.545 bits per heavy atom. The maximum atomic E-state index is 6.28. The second-order valence-corrected chi connectivity index (χ2v) is 9.57. The Morgan fingerprint density at radius 3 is 1.67 bits per heavy atom. The summed E-state index contributed by atoms with van der Waals surface area (Å²) in [7, 11) is -0.402. The van der Waals surface area contributed by atoms with Gasteiger partial charge in [-0.15, -0.1) is 0 Å². The highest BCUT2D eigenvalue weighted by atomic mass is 16.7. The van der Waals surface area contributed by atoms with Gasteiger partial charge in [-0.05, 0) is 62.0 Å². The lowest BCUT2D eigenvalue weighted by Gasteiger charge is -2.32. The predicted octanol–water partition coefficient (Wildman–Crippen LogP) is 6.38. The van der Waals surface area contributed by atoms with E-state index in [4.69, 9.17) is 14.3 Å². The predicted molar refractivity (Wildman–Crippen MR) is 136 cm³/mol. The highest BCUT2D eigenvalue weighted by molar-refractivity contribution is 6.62. The molecule has 164 valence electrons. The summed E-state index contributed by atoms with van der Waals surface area (Å²) in [6.45, 7) is 8.31. The maximum absolute atomic E-state index is 6.28. The summed E-state index contributed by atoms with van der Waals surface area (Å²) in [5, 5.41) is 0. The Labute approximate surface area is 196 Å². The zero-order valence-corrected chi connectivity index (χ0v) is 19.6. The van der Waals surface area contributed by atoms with Crippen molar-refractivity contribution >= 4 is 12.6 Å². The van der Waals surface area contributed by atoms with Crippen LogP contribution >= 0.6 is 0 Å². The second kappa shape index (κ2) is 8.29. The van der Waals surface area contributed by atoms with E-state index in [0.29, 0.717) is 0 Å². The molecule has 33 heavy (non-hydrogen) atoms.